The van der Waals surface area contributed by atoms with E-state index in [9.17, 15) is 0 Å². The van der Waals surface area contributed by atoms with Crippen LogP contribution in [0.2, 0.25) is 0 Å². The van der Waals surface area contributed by atoms with Crippen LogP contribution in [-0.4, -0.2) is 36.5 Å². The van der Waals surface area contributed by atoms with Crippen LogP contribution in [0.5, 0.6) is 0 Å². The third kappa shape index (κ3) is 4.70. The minimum absolute atomic E-state index is 0.0829. The number of ether oxygens (including phenoxy) is 1. The van der Waals surface area contributed by atoms with E-state index < -0.39 is 0 Å². The predicted octanol–water partition coefficient (Wildman–Crippen LogP) is 0.772. The highest BCUT2D eigenvalue weighted by molar-refractivity contribution is 4.81. The maximum Gasteiger partial charge on any atom is 0.0675 e. The highest BCUT2D eigenvalue weighted by Crippen LogP contribution is 2.11. The molecule has 0 aromatic rings. The first-order chi connectivity index (χ1) is 5.33. The number of aliphatic hydroxyl groups is 1. The number of aliphatic hydroxyl groups excluding tert-OH is 1. The quantitative estimate of drug-likeness (QED) is 0.663. The SMILES string of the molecule is CNC(C)(CO)COC(C)(C)C. The molecule has 0 amide bonds. The predicted molar refractivity (Wildman–Crippen MR) is 50.3 cm³/mol. The second-order valence-corrected chi connectivity index (χ2v) is 4.37. The fraction of sp³-hybridized carbons (Fsp3) is 1.00. The fourth-order valence-electron chi connectivity index (χ4n) is 0.573. The molecule has 3 nitrogen and oxygen atoms in total. The molecule has 0 fully saturated rings. The van der Waals surface area contributed by atoms with E-state index in [-0.39, 0.29) is 17.7 Å². The lowest BCUT2D eigenvalue weighted by molar-refractivity contribution is -0.0428. The van der Waals surface area contributed by atoms with Crippen molar-refractivity contribution in [2.75, 3.05) is 20.3 Å². The van der Waals surface area contributed by atoms with Crippen LogP contribution in [0.4, 0.5) is 0 Å². The number of hydrogen-bond acceptors (Lipinski definition) is 3. The molecule has 0 spiro atoms. The molecule has 1 atom stereocenters. The maximum absolute atomic E-state index is 9.04. The smallest absolute Gasteiger partial charge is 0.0675 e. The van der Waals surface area contributed by atoms with Gasteiger partial charge in [-0.1, -0.05) is 0 Å². The molecule has 0 aliphatic carbocycles. The van der Waals surface area contributed by atoms with Gasteiger partial charge in [-0.3, -0.25) is 0 Å². The van der Waals surface area contributed by atoms with Gasteiger partial charge < -0.3 is 15.2 Å². The van der Waals surface area contributed by atoms with Crippen LogP contribution in [0.15, 0.2) is 0 Å². The summed E-state index contributed by atoms with van der Waals surface area (Å²) >= 11 is 0. The number of likely N-dealkylation sites (N-methyl/N-ethyl adjacent to an activating group) is 1. The summed E-state index contributed by atoms with van der Waals surface area (Å²) in [6.07, 6.45) is 0. The summed E-state index contributed by atoms with van der Waals surface area (Å²) in [6, 6.07) is 0. The molecule has 0 saturated heterocycles. The first-order valence-corrected chi connectivity index (χ1v) is 4.27. The van der Waals surface area contributed by atoms with E-state index in [1.165, 1.54) is 0 Å². The minimum atomic E-state index is -0.326. The molecule has 1 unspecified atom stereocenters. The highest BCUT2D eigenvalue weighted by atomic mass is 16.5. The zero-order valence-electron chi connectivity index (χ0n) is 8.77. The monoisotopic (exact) mass is 175 g/mol. The lowest BCUT2D eigenvalue weighted by atomic mass is 10.1. The molecule has 0 aliphatic heterocycles. The van der Waals surface area contributed by atoms with E-state index in [2.05, 4.69) is 5.32 Å². The standard InChI is InChI=1S/C9H21NO2/c1-8(2,3)12-7-9(4,6-11)10-5/h10-11H,6-7H2,1-5H3. The summed E-state index contributed by atoms with van der Waals surface area (Å²) in [4.78, 5) is 0. The van der Waals surface area contributed by atoms with Gasteiger partial charge in [-0.2, -0.15) is 0 Å². The third-order valence-electron chi connectivity index (χ3n) is 1.78. The Kier molecular flexibility index (Phi) is 4.17. The van der Waals surface area contributed by atoms with Crippen LogP contribution < -0.4 is 5.32 Å². The van der Waals surface area contributed by atoms with Gasteiger partial charge in [0.15, 0.2) is 0 Å². The lowest BCUT2D eigenvalue weighted by Gasteiger charge is -2.30. The zero-order chi connectivity index (χ0) is 9.83. The van der Waals surface area contributed by atoms with Crippen molar-refractivity contribution >= 4 is 0 Å². The van der Waals surface area contributed by atoms with Crippen molar-refractivity contribution in [3.63, 3.8) is 0 Å². The van der Waals surface area contributed by atoms with E-state index in [0.29, 0.717) is 6.61 Å². The van der Waals surface area contributed by atoms with Gasteiger partial charge in [0.1, 0.15) is 0 Å². The zero-order valence-corrected chi connectivity index (χ0v) is 8.77. The van der Waals surface area contributed by atoms with Gasteiger partial charge in [0.25, 0.3) is 0 Å². The lowest BCUT2D eigenvalue weighted by Crippen LogP contribution is -2.49. The second-order valence-electron chi connectivity index (χ2n) is 4.37. The molecule has 0 aliphatic rings. The van der Waals surface area contributed by atoms with Crippen LogP contribution in [0, 0.1) is 0 Å². The van der Waals surface area contributed by atoms with Crippen molar-refractivity contribution in [2.24, 2.45) is 0 Å². The fourth-order valence-corrected chi connectivity index (χ4v) is 0.573. The van der Waals surface area contributed by atoms with E-state index >= 15 is 0 Å². The van der Waals surface area contributed by atoms with E-state index in [0.717, 1.165) is 0 Å². The minimum Gasteiger partial charge on any atom is -0.394 e. The molecular weight excluding hydrogens is 154 g/mol. The molecule has 0 heterocycles. The number of nitrogens with one attached hydrogen (secondary N) is 1. The maximum atomic E-state index is 9.04. The molecule has 0 saturated carbocycles. The molecule has 3 heteroatoms. The van der Waals surface area contributed by atoms with Crippen LogP contribution in [-0.2, 0) is 4.74 Å². The van der Waals surface area contributed by atoms with Gasteiger partial charge in [-0.15, -0.1) is 0 Å². The third-order valence-corrected chi connectivity index (χ3v) is 1.78. The Balaban J connectivity index is 3.89. The summed E-state index contributed by atoms with van der Waals surface area (Å²) < 4.78 is 5.55. The summed E-state index contributed by atoms with van der Waals surface area (Å²) in [7, 11) is 1.82. The summed E-state index contributed by atoms with van der Waals surface area (Å²) in [5, 5.41) is 12.1. The Bertz CT molecular complexity index is 125. The molecule has 74 valence electrons. The van der Waals surface area contributed by atoms with Crippen LogP contribution in [0.3, 0.4) is 0 Å². The van der Waals surface area contributed by atoms with Crippen molar-refractivity contribution in [1.82, 2.24) is 5.32 Å². The summed E-state index contributed by atoms with van der Waals surface area (Å²) in [6.45, 7) is 8.53. The molecule has 0 aromatic heterocycles. The van der Waals surface area contributed by atoms with Crippen molar-refractivity contribution in [2.45, 2.75) is 38.8 Å². The van der Waals surface area contributed by atoms with Gasteiger partial charge in [-0.05, 0) is 34.7 Å². The first-order valence-electron chi connectivity index (χ1n) is 4.27. The van der Waals surface area contributed by atoms with Crippen molar-refractivity contribution in [3.05, 3.63) is 0 Å². The number of hydrogen-bond donors (Lipinski definition) is 2. The topological polar surface area (TPSA) is 41.5 Å². The van der Waals surface area contributed by atoms with E-state index in [1.54, 1.807) is 0 Å². The molecule has 0 bridgehead atoms. The van der Waals surface area contributed by atoms with Gasteiger partial charge in [0.05, 0.1) is 24.4 Å². The van der Waals surface area contributed by atoms with E-state index in [1.807, 2.05) is 34.7 Å². The van der Waals surface area contributed by atoms with E-state index in [4.69, 9.17) is 9.84 Å². The Morgan fingerprint density at radius 1 is 1.25 bits per heavy atom. The first kappa shape index (κ1) is 11.9. The molecule has 12 heavy (non-hydrogen) atoms. The van der Waals surface area contributed by atoms with Gasteiger partial charge >= 0.3 is 0 Å². The average Bonchev–Trinajstić information content (AvgIpc) is 1.99. The van der Waals surface area contributed by atoms with Crippen molar-refractivity contribution in [1.29, 1.82) is 0 Å². The van der Waals surface area contributed by atoms with Crippen LogP contribution in [0.1, 0.15) is 27.7 Å². The van der Waals surface area contributed by atoms with Crippen molar-refractivity contribution < 1.29 is 9.84 Å². The van der Waals surface area contributed by atoms with Crippen LogP contribution in [0.25, 0.3) is 0 Å². The van der Waals surface area contributed by atoms with Gasteiger partial charge in [0.2, 0.25) is 0 Å². The Hall–Kier alpha value is -0.120. The summed E-state index contributed by atoms with van der Waals surface area (Å²) in [5.41, 5.74) is -0.472. The largest absolute Gasteiger partial charge is 0.394 e. The Morgan fingerprint density at radius 3 is 2.00 bits per heavy atom. The van der Waals surface area contributed by atoms with Gasteiger partial charge in [0, 0.05) is 0 Å². The molecule has 0 rings (SSSR count). The molecule has 0 aromatic carbocycles. The second kappa shape index (κ2) is 4.21. The molecule has 2 N–H and O–H groups in total. The Morgan fingerprint density at radius 2 is 1.75 bits per heavy atom. The number of rotatable bonds is 4. The van der Waals surface area contributed by atoms with Crippen LogP contribution >= 0.6 is 0 Å². The normalized spacial score (nSPS) is 17.5. The van der Waals surface area contributed by atoms with Gasteiger partial charge in [-0.25, -0.2) is 0 Å². The molecular formula is C9H21NO2. The average molecular weight is 175 g/mol. The summed E-state index contributed by atoms with van der Waals surface area (Å²) in [5.74, 6) is 0. The molecule has 0 radical (unpaired) electrons. The highest BCUT2D eigenvalue weighted by Gasteiger charge is 2.23. The van der Waals surface area contributed by atoms with Crippen molar-refractivity contribution in [3.8, 4) is 0 Å². The Labute approximate surface area is 75.1 Å².